The minimum Gasteiger partial charge on any atom is -0.497 e. The number of hydrogen-bond donors (Lipinski definition) is 1. The number of carbonyl (C=O) groups excluding carboxylic acids is 1. The fourth-order valence-corrected chi connectivity index (χ4v) is 4.34. The molecule has 23 heavy (non-hydrogen) atoms. The molecule has 6 nitrogen and oxygen atoms in total. The third-order valence-electron chi connectivity index (χ3n) is 3.90. The van der Waals surface area contributed by atoms with Gasteiger partial charge >= 0.3 is 0 Å². The highest BCUT2D eigenvalue weighted by molar-refractivity contribution is 7.91. The monoisotopic (exact) mass is 341 g/mol. The van der Waals surface area contributed by atoms with Gasteiger partial charge in [-0.05, 0) is 37.0 Å². The van der Waals surface area contributed by atoms with Crippen molar-refractivity contribution in [1.29, 1.82) is 0 Å². The van der Waals surface area contributed by atoms with Gasteiger partial charge in [0.25, 0.3) is 0 Å². The molecular weight excluding hydrogens is 318 g/mol. The number of methoxy groups -OCH3 is 1. The van der Waals surface area contributed by atoms with Gasteiger partial charge < -0.3 is 14.8 Å². The lowest BCUT2D eigenvalue weighted by Crippen LogP contribution is -2.37. The maximum Gasteiger partial charge on any atom is 0.248 e. The van der Waals surface area contributed by atoms with Crippen molar-refractivity contribution in [3.05, 3.63) is 29.8 Å². The molecule has 0 spiro atoms. The molecule has 2 atom stereocenters. The van der Waals surface area contributed by atoms with Crippen LogP contribution >= 0.6 is 0 Å². The van der Waals surface area contributed by atoms with Crippen LogP contribution in [0.5, 0.6) is 5.75 Å². The van der Waals surface area contributed by atoms with Crippen molar-refractivity contribution in [2.45, 2.75) is 26.1 Å². The van der Waals surface area contributed by atoms with Crippen molar-refractivity contribution < 1.29 is 22.7 Å². The van der Waals surface area contributed by atoms with E-state index in [0.29, 0.717) is 19.6 Å². The molecular formula is C16H23NO5S. The van der Waals surface area contributed by atoms with Crippen LogP contribution in [-0.4, -0.2) is 45.6 Å². The van der Waals surface area contributed by atoms with Gasteiger partial charge in [0.05, 0.1) is 25.2 Å². The predicted octanol–water partition coefficient (Wildman–Crippen LogP) is 1.15. The van der Waals surface area contributed by atoms with Crippen LogP contribution in [0.3, 0.4) is 0 Å². The highest BCUT2D eigenvalue weighted by atomic mass is 32.2. The highest BCUT2D eigenvalue weighted by Gasteiger charge is 2.28. The fraction of sp³-hybridized carbons (Fsp3) is 0.562. The Hall–Kier alpha value is -1.60. The maximum absolute atomic E-state index is 12.0. The minimum absolute atomic E-state index is 0.00883. The van der Waals surface area contributed by atoms with Crippen LogP contribution in [0.1, 0.15) is 18.9 Å². The molecule has 1 N–H and O–H groups in total. The largest absolute Gasteiger partial charge is 0.497 e. The molecule has 1 heterocycles. The van der Waals surface area contributed by atoms with Gasteiger partial charge in [0.2, 0.25) is 5.91 Å². The molecule has 1 aliphatic heterocycles. The topological polar surface area (TPSA) is 81.7 Å². The molecule has 1 fully saturated rings. The highest BCUT2D eigenvalue weighted by Crippen LogP contribution is 2.17. The number of amides is 1. The van der Waals surface area contributed by atoms with Gasteiger partial charge in [-0.25, -0.2) is 8.42 Å². The van der Waals surface area contributed by atoms with Gasteiger partial charge in [-0.15, -0.1) is 0 Å². The first-order valence-electron chi connectivity index (χ1n) is 7.62. The van der Waals surface area contributed by atoms with E-state index in [9.17, 15) is 13.2 Å². The zero-order valence-corrected chi connectivity index (χ0v) is 14.3. The Bertz CT molecular complexity index is 644. The summed E-state index contributed by atoms with van der Waals surface area (Å²) in [6, 6.07) is 7.46. The zero-order chi connectivity index (χ0) is 16.9. The third-order valence-corrected chi connectivity index (χ3v) is 5.73. The second-order valence-corrected chi connectivity index (χ2v) is 8.05. The average molecular weight is 341 g/mol. The first kappa shape index (κ1) is 17.7. The second-order valence-electron chi connectivity index (χ2n) is 5.82. The van der Waals surface area contributed by atoms with Gasteiger partial charge in [0, 0.05) is 6.54 Å². The summed E-state index contributed by atoms with van der Waals surface area (Å²) < 4.78 is 33.5. The number of rotatable bonds is 7. The van der Waals surface area contributed by atoms with E-state index in [0.717, 1.165) is 11.3 Å². The molecule has 0 unspecified atom stereocenters. The summed E-state index contributed by atoms with van der Waals surface area (Å²) in [5.41, 5.74) is 0.922. The summed E-state index contributed by atoms with van der Waals surface area (Å²) in [5, 5.41) is 2.77. The summed E-state index contributed by atoms with van der Waals surface area (Å²) in [4.78, 5) is 12.0. The van der Waals surface area contributed by atoms with Crippen molar-refractivity contribution in [3.63, 3.8) is 0 Å². The molecule has 0 aromatic heterocycles. The van der Waals surface area contributed by atoms with Crippen LogP contribution in [0.4, 0.5) is 0 Å². The van der Waals surface area contributed by atoms with Gasteiger partial charge in [0.15, 0.2) is 9.84 Å². The van der Waals surface area contributed by atoms with Crippen molar-refractivity contribution in [1.82, 2.24) is 5.32 Å². The lowest BCUT2D eigenvalue weighted by Gasteiger charge is -2.15. The molecule has 1 amide bonds. The quantitative estimate of drug-likeness (QED) is 0.804. The Balaban J connectivity index is 1.74. The number of benzene rings is 1. The van der Waals surface area contributed by atoms with Gasteiger partial charge in [-0.1, -0.05) is 12.1 Å². The summed E-state index contributed by atoms with van der Waals surface area (Å²) in [6.07, 6.45) is 0.0148. The predicted molar refractivity (Wildman–Crippen MR) is 87.0 cm³/mol. The fourth-order valence-electron chi connectivity index (χ4n) is 2.48. The van der Waals surface area contributed by atoms with E-state index in [-0.39, 0.29) is 23.3 Å². The Morgan fingerprint density at radius 2 is 2.22 bits per heavy atom. The molecule has 7 heteroatoms. The third kappa shape index (κ3) is 5.51. The minimum atomic E-state index is -2.91. The van der Waals surface area contributed by atoms with Crippen molar-refractivity contribution in [3.8, 4) is 5.75 Å². The summed E-state index contributed by atoms with van der Waals surface area (Å²) in [6.45, 7) is 2.37. The van der Waals surface area contributed by atoms with Gasteiger partial charge in [-0.2, -0.15) is 0 Å². The molecule has 0 bridgehead atoms. The van der Waals surface area contributed by atoms with E-state index in [1.807, 2.05) is 24.3 Å². The average Bonchev–Trinajstić information content (AvgIpc) is 2.89. The van der Waals surface area contributed by atoms with Crippen LogP contribution in [0.2, 0.25) is 0 Å². The van der Waals surface area contributed by atoms with Crippen LogP contribution in [0.25, 0.3) is 0 Å². The van der Waals surface area contributed by atoms with E-state index < -0.39 is 15.9 Å². The Morgan fingerprint density at radius 3 is 2.87 bits per heavy atom. The Morgan fingerprint density at radius 1 is 1.43 bits per heavy atom. The maximum atomic E-state index is 12.0. The smallest absolute Gasteiger partial charge is 0.248 e. The Labute approximate surface area is 137 Å². The van der Waals surface area contributed by atoms with Crippen LogP contribution in [0, 0.1) is 5.92 Å². The number of ether oxygens (including phenoxy) is 2. The van der Waals surface area contributed by atoms with E-state index in [4.69, 9.17) is 9.47 Å². The molecule has 0 radical (unpaired) electrons. The van der Waals surface area contributed by atoms with Crippen molar-refractivity contribution >= 4 is 15.7 Å². The molecule has 1 aliphatic rings. The molecule has 1 saturated heterocycles. The number of sulfone groups is 1. The molecule has 2 rings (SSSR count). The van der Waals surface area contributed by atoms with Crippen molar-refractivity contribution in [2.75, 3.05) is 25.2 Å². The van der Waals surface area contributed by atoms with E-state index in [2.05, 4.69) is 5.32 Å². The normalized spacial score (nSPS) is 20.9. The standard InChI is InChI=1S/C16H23NO5S/c1-12(22-10-13-4-3-5-15(8-13)21-2)16(18)17-9-14-6-7-23(19,20)11-14/h3-5,8,12,14H,6-7,9-11H2,1-2H3,(H,17,18)/t12-,14+/m1/s1. The summed E-state index contributed by atoms with van der Waals surface area (Å²) >= 11 is 0. The number of nitrogens with one attached hydrogen (secondary N) is 1. The Kier molecular flexibility index (Phi) is 6.01. The summed E-state index contributed by atoms with van der Waals surface area (Å²) in [7, 11) is -1.31. The van der Waals surface area contributed by atoms with Crippen LogP contribution in [-0.2, 0) is 26.0 Å². The first-order valence-corrected chi connectivity index (χ1v) is 9.44. The van der Waals surface area contributed by atoms with Gasteiger partial charge in [0.1, 0.15) is 11.9 Å². The summed E-state index contributed by atoms with van der Waals surface area (Å²) in [5.74, 6) is 0.902. The molecule has 128 valence electrons. The molecule has 0 saturated carbocycles. The van der Waals surface area contributed by atoms with Crippen molar-refractivity contribution in [2.24, 2.45) is 5.92 Å². The first-order chi connectivity index (χ1) is 10.9. The lowest BCUT2D eigenvalue weighted by atomic mass is 10.1. The van der Waals surface area contributed by atoms with Gasteiger partial charge in [-0.3, -0.25) is 4.79 Å². The van der Waals surface area contributed by atoms with Crippen LogP contribution < -0.4 is 10.1 Å². The number of hydrogen-bond acceptors (Lipinski definition) is 5. The van der Waals surface area contributed by atoms with E-state index in [1.54, 1.807) is 14.0 Å². The van der Waals surface area contributed by atoms with Crippen LogP contribution in [0.15, 0.2) is 24.3 Å². The molecule has 0 aliphatic carbocycles. The lowest BCUT2D eigenvalue weighted by molar-refractivity contribution is -0.132. The SMILES string of the molecule is COc1cccc(CO[C@H](C)C(=O)NC[C@@H]2CCS(=O)(=O)C2)c1. The number of carbonyl (C=O) groups is 1. The zero-order valence-electron chi connectivity index (χ0n) is 13.4. The van der Waals surface area contributed by atoms with E-state index >= 15 is 0 Å². The molecule has 1 aromatic rings. The molecule has 1 aromatic carbocycles. The second kappa shape index (κ2) is 7.79. The van der Waals surface area contributed by atoms with E-state index in [1.165, 1.54) is 0 Å².